The van der Waals surface area contributed by atoms with Crippen molar-refractivity contribution >= 4 is 15.9 Å². The first-order valence-electron chi connectivity index (χ1n) is 4.02. The topological polar surface area (TPSA) is 0 Å². The minimum absolute atomic E-state index is 0. The van der Waals surface area contributed by atoms with Crippen molar-refractivity contribution in [2.75, 3.05) is 32.5 Å². The van der Waals surface area contributed by atoms with Crippen LogP contribution in [0.5, 0.6) is 0 Å². The van der Waals surface area contributed by atoms with Gasteiger partial charge in [-0.3, -0.25) is 0 Å². The van der Waals surface area contributed by atoms with Gasteiger partial charge >= 0.3 is 0 Å². The zero-order valence-electron chi connectivity index (χ0n) is 7.32. The molecule has 0 amide bonds. The normalized spacial score (nSPS) is 24.3. The van der Waals surface area contributed by atoms with Gasteiger partial charge in [-0.05, 0) is 5.92 Å². The van der Waals surface area contributed by atoms with Gasteiger partial charge in [0, 0.05) is 18.2 Å². The number of halogens is 2. The highest BCUT2D eigenvalue weighted by atomic mass is 79.9. The van der Waals surface area contributed by atoms with E-state index in [1.54, 1.807) is 0 Å². The van der Waals surface area contributed by atoms with Gasteiger partial charge in [0.15, 0.2) is 0 Å². The third-order valence-electron chi connectivity index (χ3n) is 2.50. The highest BCUT2D eigenvalue weighted by Crippen LogP contribution is 2.21. The van der Waals surface area contributed by atoms with E-state index in [1.807, 2.05) is 0 Å². The summed E-state index contributed by atoms with van der Waals surface area (Å²) in [6.07, 6.45) is 2.80. The Hall–Kier alpha value is 0.920. The zero-order valence-corrected chi connectivity index (χ0v) is 10.5. The summed E-state index contributed by atoms with van der Waals surface area (Å²) >= 11 is 3.54. The maximum Gasteiger partial charge on any atom is 0.0785 e. The molecule has 11 heavy (non-hydrogen) atoms. The van der Waals surface area contributed by atoms with Crippen LogP contribution in [0.15, 0.2) is 0 Å². The lowest BCUT2D eigenvalue weighted by Crippen LogP contribution is -3.00. The van der Waals surface area contributed by atoms with Crippen LogP contribution in [0.3, 0.4) is 0 Å². The third-order valence-corrected chi connectivity index (χ3v) is 3.42. The molecule has 0 aromatic carbocycles. The number of hydrogen-bond acceptors (Lipinski definition) is 0. The maximum atomic E-state index is 3.54. The first kappa shape index (κ1) is 11.9. The Labute approximate surface area is 88.6 Å². The van der Waals surface area contributed by atoms with Crippen LogP contribution in [0.1, 0.15) is 12.8 Å². The molecule has 1 rings (SSSR count). The van der Waals surface area contributed by atoms with Gasteiger partial charge in [-0.2, -0.15) is 0 Å². The Kier molecular flexibility index (Phi) is 5.23. The molecule has 1 fully saturated rings. The summed E-state index contributed by atoms with van der Waals surface area (Å²) in [6, 6.07) is 0. The molecule has 0 aliphatic carbocycles. The molecule has 0 spiro atoms. The van der Waals surface area contributed by atoms with Crippen molar-refractivity contribution in [3.05, 3.63) is 0 Å². The monoisotopic (exact) mass is 285 g/mol. The van der Waals surface area contributed by atoms with Gasteiger partial charge in [0.05, 0.1) is 27.2 Å². The largest absolute Gasteiger partial charge is 1.00 e. The van der Waals surface area contributed by atoms with Crippen molar-refractivity contribution in [1.29, 1.82) is 0 Å². The van der Waals surface area contributed by atoms with E-state index in [-0.39, 0.29) is 17.0 Å². The van der Waals surface area contributed by atoms with Gasteiger partial charge < -0.3 is 21.5 Å². The molecule has 0 N–H and O–H groups in total. The molecule has 68 valence electrons. The summed E-state index contributed by atoms with van der Waals surface area (Å²) in [5, 5.41) is 1.20. The first-order chi connectivity index (χ1) is 4.64. The lowest BCUT2D eigenvalue weighted by Gasteiger charge is -2.36. The Morgan fingerprint density at radius 2 is 1.73 bits per heavy atom. The number of alkyl halides is 1. The Morgan fingerprint density at radius 3 is 2.09 bits per heavy atom. The fraction of sp³-hybridized carbons (Fsp3) is 1.00. The maximum absolute atomic E-state index is 3.54. The van der Waals surface area contributed by atoms with Gasteiger partial charge in [0.1, 0.15) is 0 Å². The van der Waals surface area contributed by atoms with E-state index in [1.165, 1.54) is 35.7 Å². The van der Waals surface area contributed by atoms with Crippen molar-refractivity contribution in [3.8, 4) is 0 Å². The van der Waals surface area contributed by atoms with Crippen LogP contribution in [-0.2, 0) is 0 Å². The number of piperidine rings is 1. The van der Waals surface area contributed by atoms with Gasteiger partial charge in [0.2, 0.25) is 0 Å². The predicted octanol–water partition coefficient (Wildman–Crippen LogP) is -1.13. The smallest absolute Gasteiger partial charge is 0.0785 e. The second kappa shape index (κ2) is 4.83. The van der Waals surface area contributed by atoms with Gasteiger partial charge in [-0.15, -0.1) is 0 Å². The molecule has 0 atom stereocenters. The Bertz CT molecular complexity index is 105. The molecule has 0 radical (unpaired) electrons. The molecule has 1 nitrogen and oxygen atoms in total. The van der Waals surface area contributed by atoms with Gasteiger partial charge in [-0.25, -0.2) is 0 Å². The van der Waals surface area contributed by atoms with Crippen LogP contribution in [0.4, 0.5) is 0 Å². The van der Waals surface area contributed by atoms with E-state index in [0.717, 1.165) is 5.92 Å². The fourth-order valence-corrected chi connectivity index (χ4v) is 2.12. The second-order valence-corrected chi connectivity index (χ2v) is 4.63. The summed E-state index contributed by atoms with van der Waals surface area (Å²) in [5.41, 5.74) is 0. The van der Waals surface area contributed by atoms with Crippen molar-refractivity contribution < 1.29 is 21.5 Å². The van der Waals surface area contributed by atoms with E-state index in [0.29, 0.717) is 0 Å². The van der Waals surface area contributed by atoms with Crippen LogP contribution < -0.4 is 17.0 Å². The van der Waals surface area contributed by atoms with E-state index in [4.69, 9.17) is 0 Å². The van der Waals surface area contributed by atoms with Crippen LogP contribution in [0, 0.1) is 5.92 Å². The molecule has 1 heterocycles. The highest BCUT2D eigenvalue weighted by Gasteiger charge is 2.24. The van der Waals surface area contributed by atoms with Crippen LogP contribution in [-0.4, -0.2) is 37.0 Å². The zero-order chi connectivity index (χ0) is 7.61. The number of hydrogen-bond donors (Lipinski definition) is 0. The molecule has 1 aliphatic rings. The molecule has 0 bridgehead atoms. The van der Waals surface area contributed by atoms with Crippen LogP contribution in [0.2, 0.25) is 0 Å². The van der Waals surface area contributed by atoms with Gasteiger partial charge in [0.25, 0.3) is 0 Å². The lowest BCUT2D eigenvalue weighted by atomic mass is 9.98. The molecular weight excluding hydrogens is 270 g/mol. The number of rotatable bonds is 1. The second-order valence-electron chi connectivity index (χ2n) is 3.98. The average molecular weight is 287 g/mol. The number of likely N-dealkylation sites (tertiary alicyclic amines) is 1. The summed E-state index contributed by atoms with van der Waals surface area (Å²) in [4.78, 5) is 0. The molecule has 3 heteroatoms. The predicted molar refractivity (Wildman–Crippen MR) is 48.4 cm³/mol. The average Bonchev–Trinajstić information content (AvgIpc) is 1.88. The molecule has 1 aliphatic heterocycles. The summed E-state index contributed by atoms with van der Waals surface area (Å²) < 4.78 is 1.23. The van der Waals surface area contributed by atoms with Crippen molar-refractivity contribution in [2.45, 2.75) is 12.8 Å². The molecular formula is C8H17Br2N. The molecule has 0 saturated carbocycles. The van der Waals surface area contributed by atoms with Crippen molar-refractivity contribution in [1.82, 2.24) is 0 Å². The highest BCUT2D eigenvalue weighted by molar-refractivity contribution is 9.09. The molecule has 1 saturated heterocycles. The molecule has 0 unspecified atom stereocenters. The quantitative estimate of drug-likeness (QED) is 0.423. The summed E-state index contributed by atoms with van der Waals surface area (Å²) in [6.45, 7) is 2.71. The van der Waals surface area contributed by atoms with E-state index in [9.17, 15) is 0 Å². The standard InChI is InChI=1S/C8H17BrN.BrH/c1-10(2)5-3-8(7-9)4-6-10;/h8H,3-7H2,1-2H3;1H/q+1;/p-1. The van der Waals surface area contributed by atoms with E-state index in [2.05, 4.69) is 30.0 Å². The van der Waals surface area contributed by atoms with E-state index < -0.39 is 0 Å². The summed E-state index contributed by atoms with van der Waals surface area (Å²) in [5.74, 6) is 0.950. The van der Waals surface area contributed by atoms with E-state index >= 15 is 0 Å². The Morgan fingerprint density at radius 1 is 1.27 bits per heavy atom. The van der Waals surface area contributed by atoms with Crippen molar-refractivity contribution in [2.24, 2.45) is 5.92 Å². The lowest BCUT2D eigenvalue weighted by molar-refractivity contribution is -0.896. The first-order valence-corrected chi connectivity index (χ1v) is 5.14. The number of nitrogens with zero attached hydrogens (tertiary/aromatic N) is 1. The van der Waals surface area contributed by atoms with Gasteiger partial charge in [-0.1, -0.05) is 15.9 Å². The fourth-order valence-electron chi connectivity index (χ4n) is 1.47. The number of quaternary nitrogens is 1. The Balaban J connectivity index is 0.000001000. The minimum atomic E-state index is 0. The molecule has 0 aromatic rings. The van der Waals surface area contributed by atoms with Crippen LogP contribution >= 0.6 is 15.9 Å². The summed E-state index contributed by atoms with van der Waals surface area (Å²) in [7, 11) is 4.65. The molecule has 0 aromatic heterocycles. The van der Waals surface area contributed by atoms with Crippen LogP contribution in [0.25, 0.3) is 0 Å². The third kappa shape index (κ3) is 3.90. The van der Waals surface area contributed by atoms with Crippen molar-refractivity contribution in [3.63, 3.8) is 0 Å². The SMILES string of the molecule is C[N+]1(C)CCC(CBr)CC1.[Br-]. The minimum Gasteiger partial charge on any atom is -1.00 e.